The summed E-state index contributed by atoms with van der Waals surface area (Å²) in [7, 11) is 0. The molecule has 1 aliphatic heterocycles. The monoisotopic (exact) mass is 190 g/mol. The summed E-state index contributed by atoms with van der Waals surface area (Å²) in [6, 6.07) is 6.02. The molecule has 3 nitrogen and oxygen atoms in total. The third kappa shape index (κ3) is 1.25. The van der Waals surface area contributed by atoms with Crippen molar-refractivity contribution < 1.29 is 4.79 Å². The lowest BCUT2D eigenvalue weighted by atomic mass is 10.1. The van der Waals surface area contributed by atoms with E-state index in [0.717, 1.165) is 12.1 Å². The maximum atomic E-state index is 11.4. The van der Waals surface area contributed by atoms with E-state index in [1.165, 1.54) is 5.56 Å². The van der Waals surface area contributed by atoms with Crippen LogP contribution in [0.4, 0.5) is 11.4 Å². The average molecular weight is 190 g/mol. The quantitative estimate of drug-likeness (QED) is 0.631. The lowest BCUT2D eigenvalue weighted by molar-refractivity contribution is -0.116. The van der Waals surface area contributed by atoms with Crippen molar-refractivity contribution in [2.24, 2.45) is 0 Å². The van der Waals surface area contributed by atoms with E-state index in [9.17, 15) is 4.79 Å². The number of rotatable bonds is 0. The molecule has 0 saturated carbocycles. The summed E-state index contributed by atoms with van der Waals surface area (Å²) >= 11 is 0. The zero-order valence-electron chi connectivity index (χ0n) is 8.45. The number of hydrogen-bond acceptors (Lipinski definition) is 2. The highest BCUT2D eigenvalue weighted by Crippen LogP contribution is 2.33. The van der Waals surface area contributed by atoms with Crippen LogP contribution in [-0.4, -0.2) is 11.9 Å². The van der Waals surface area contributed by atoms with Crippen LogP contribution in [0, 0.1) is 0 Å². The number of nitrogens with two attached hydrogens (primary N) is 1. The van der Waals surface area contributed by atoms with Crippen LogP contribution >= 0.6 is 0 Å². The fourth-order valence-corrected chi connectivity index (χ4v) is 2.10. The van der Waals surface area contributed by atoms with E-state index >= 15 is 0 Å². The first-order chi connectivity index (χ1) is 6.59. The minimum atomic E-state index is 0.0850. The van der Waals surface area contributed by atoms with Gasteiger partial charge in [0.2, 0.25) is 5.91 Å². The second-order valence-corrected chi connectivity index (χ2v) is 3.83. The predicted molar refractivity (Wildman–Crippen MR) is 57.2 cm³/mol. The zero-order valence-corrected chi connectivity index (χ0v) is 8.45. The number of carbonyl (C=O) groups excluding carboxylic acids is 1. The molecule has 1 atom stereocenters. The molecule has 1 unspecified atom stereocenters. The first-order valence-electron chi connectivity index (χ1n) is 4.78. The summed E-state index contributed by atoms with van der Waals surface area (Å²) in [5.74, 6) is 0.0850. The van der Waals surface area contributed by atoms with Gasteiger partial charge in [0.05, 0.1) is 0 Å². The fraction of sp³-hybridized carbons (Fsp3) is 0.364. The molecule has 1 heterocycles. The molecule has 0 aliphatic carbocycles. The Bertz CT molecular complexity index is 387. The number of nitrogen functional groups attached to an aromatic ring is 1. The smallest absolute Gasteiger partial charge is 0.224 e. The molecule has 0 radical (unpaired) electrons. The van der Waals surface area contributed by atoms with Gasteiger partial charge in [-0.2, -0.15) is 0 Å². The van der Waals surface area contributed by atoms with E-state index in [0.29, 0.717) is 5.69 Å². The Hall–Kier alpha value is -1.51. The number of benzene rings is 1. The molecule has 74 valence electrons. The standard InChI is InChI=1S/C11H14N2O/c1-7-5-9-3-4-10(12)6-11(9)13(7)8(2)14/h3-4,6-7H,5,12H2,1-2H3. The summed E-state index contributed by atoms with van der Waals surface area (Å²) in [5, 5.41) is 0. The van der Waals surface area contributed by atoms with Crippen molar-refractivity contribution in [3.8, 4) is 0 Å². The predicted octanol–water partition coefficient (Wildman–Crippen LogP) is 1.57. The lowest BCUT2D eigenvalue weighted by Crippen LogP contribution is -2.33. The van der Waals surface area contributed by atoms with Crippen LogP contribution < -0.4 is 10.6 Å². The molecule has 0 aromatic heterocycles. The third-order valence-corrected chi connectivity index (χ3v) is 2.66. The molecule has 14 heavy (non-hydrogen) atoms. The third-order valence-electron chi connectivity index (χ3n) is 2.66. The molecule has 0 spiro atoms. The molecular formula is C11H14N2O. The second-order valence-electron chi connectivity index (χ2n) is 3.83. The topological polar surface area (TPSA) is 46.3 Å². The van der Waals surface area contributed by atoms with Crippen molar-refractivity contribution in [3.63, 3.8) is 0 Å². The molecule has 1 aromatic carbocycles. The highest BCUT2D eigenvalue weighted by molar-refractivity contribution is 5.95. The number of anilines is 2. The molecule has 1 aromatic rings. The average Bonchev–Trinajstić information content (AvgIpc) is 2.40. The van der Waals surface area contributed by atoms with E-state index in [2.05, 4.69) is 6.92 Å². The molecule has 2 rings (SSSR count). The van der Waals surface area contributed by atoms with Crippen molar-refractivity contribution in [1.82, 2.24) is 0 Å². The number of fused-ring (bicyclic) bond motifs is 1. The van der Waals surface area contributed by atoms with Crippen LogP contribution in [0.3, 0.4) is 0 Å². The molecule has 1 amide bonds. The van der Waals surface area contributed by atoms with Gasteiger partial charge < -0.3 is 10.6 Å². The van der Waals surface area contributed by atoms with Crippen molar-refractivity contribution in [2.45, 2.75) is 26.3 Å². The molecule has 1 aliphatic rings. The number of carbonyl (C=O) groups is 1. The highest BCUT2D eigenvalue weighted by atomic mass is 16.2. The number of amides is 1. The summed E-state index contributed by atoms with van der Waals surface area (Å²) in [6.45, 7) is 3.65. The first-order valence-corrected chi connectivity index (χ1v) is 4.78. The molecule has 0 saturated heterocycles. The van der Waals surface area contributed by atoms with Gasteiger partial charge in [0.15, 0.2) is 0 Å². The highest BCUT2D eigenvalue weighted by Gasteiger charge is 2.28. The van der Waals surface area contributed by atoms with E-state index in [-0.39, 0.29) is 11.9 Å². The van der Waals surface area contributed by atoms with Gasteiger partial charge in [-0.3, -0.25) is 4.79 Å². The van der Waals surface area contributed by atoms with Crippen molar-refractivity contribution in [2.75, 3.05) is 10.6 Å². The maximum Gasteiger partial charge on any atom is 0.224 e. The van der Waals surface area contributed by atoms with Gasteiger partial charge in [-0.25, -0.2) is 0 Å². The Balaban J connectivity index is 2.49. The van der Waals surface area contributed by atoms with Crippen molar-refractivity contribution >= 4 is 17.3 Å². The normalized spacial score (nSPS) is 19.6. The second kappa shape index (κ2) is 3.01. The van der Waals surface area contributed by atoms with E-state index < -0.39 is 0 Å². The largest absolute Gasteiger partial charge is 0.399 e. The van der Waals surface area contributed by atoms with Gasteiger partial charge in [-0.15, -0.1) is 0 Å². The Kier molecular flexibility index (Phi) is 1.95. The van der Waals surface area contributed by atoms with Crippen LogP contribution in [0.1, 0.15) is 19.4 Å². The van der Waals surface area contributed by atoms with Gasteiger partial charge >= 0.3 is 0 Å². The minimum Gasteiger partial charge on any atom is -0.399 e. The zero-order chi connectivity index (χ0) is 10.3. The Morgan fingerprint density at radius 1 is 1.57 bits per heavy atom. The van der Waals surface area contributed by atoms with Gasteiger partial charge in [0.1, 0.15) is 0 Å². The first kappa shape index (κ1) is 9.06. The van der Waals surface area contributed by atoms with Crippen LogP contribution in [0.2, 0.25) is 0 Å². The summed E-state index contributed by atoms with van der Waals surface area (Å²) in [5.41, 5.74) is 8.60. The fourth-order valence-electron chi connectivity index (χ4n) is 2.10. The van der Waals surface area contributed by atoms with Crippen LogP contribution in [0.5, 0.6) is 0 Å². The Morgan fingerprint density at radius 3 is 2.93 bits per heavy atom. The van der Waals surface area contributed by atoms with Crippen LogP contribution in [0.25, 0.3) is 0 Å². The molecule has 0 bridgehead atoms. The van der Waals surface area contributed by atoms with Gasteiger partial charge in [0, 0.05) is 24.3 Å². The van der Waals surface area contributed by atoms with E-state index in [4.69, 9.17) is 5.73 Å². The molecule has 2 N–H and O–H groups in total. The lowest BCUT2D eigenvalue weighted by Gasteiger charge is -2.20. The van der Waals surface area contributed by atoms with E-state index in [1.54, 1.807) is 6.92 Å². The van der Waals surface area contributed by atoms with Gasteiger partial charge in [-0.1, -0.05) is 6.07 Å². The van der Waals surface area contributed by atoms with Crippen LogP contribution in [0.15, 0.2) is 18.2 Å². The van der Waals surface area contributed by atoms with Crippen molar-refractivity contribution in [3.05, 3.63) is 23.8 Å². The Labute approximate surface area is 83.5 Å². The van der Waals surface area contributed by atoms with Crippen molar-refractivity contribution in [1.29, 1.82) is 0 Å². The number of hydrogen-bond donors (Lipinski definition) is 1. The van der Waals surface area contributed by atoms with E-state index in [1.807, 2.05) is 23.1 Å². The number of nitrogens with zero attached hydrogens (tertiary/aromatic N) is 1. The molecular weight excluding hydrogens is 176 g/mol. The molecule has 3 heteroatoms. The summed E-state index contributed by atoms with van der Waals surface area (Å²) < 4.78 is 0. The van der Waals surface area contributed by atoms with Crippen LogP contribution in [-0.2, 0) is 11.2 Å². The summed E-state index contributed by atoms with van der Waals surface area (Å²) in [4.78, 5) is 13.2. The van der Waals surface area contributed by atoms with Gasteiger partial charge in [0.25, 0.3) is 0 Å². The van der Waals surface area contributed by atoms with Gasteiger partial charge in [-0.05, 0) is 31.0 Å². The Morgan fingerprint density at radius 2 is 2.29 bits per heavy atom. The summed E-state index contributed by atoms with van der Waals surface area (Å²) in [6.07, 6.45) is 0.926. The SMILES string of the molecule is CC(=O)N1c2cc(N)ccc2CC1C. The molecule has 0 fully saturated rings. The maximum absolute atomic E-state index is 11.4. The minimum absolute atomic E-state index is 0.0850.